The van der Waals surface area contributed by atoms with Gasteiger partial charge in [0.1, 0.15) is 5.75 Å². The number of amides is 1. The smallest absolute Gasteiger partial charge is 0.387 e. The van der Waals surface area contributed by atoms with Gasteiger partial charge in [-0.1, -0.05) is 48.5 Å². The second-order valence-electron chi connectivity index (χ2n) is 5.66. The van der Waals surface area contributed by atoms with Crippen LogP contribution >= 0.6 is 0 Å². The van der Waals surface area contributed by atoms with Crippen molar-refractivity contribution < 1.29 is 18.3 Å². The summed E-state index contributed by atoms with van der Waals surface area (Å²) in [6.07, 6.45) is 0. The highest BCUT2D eigenvalue weighted by molar-refractivity contribution is 5.87. The second kappa shape index (κ2) is 7.22. The van der Waals surface area contributed by atoms with E-state index < -0.39 is 12.0 Å². The molecule has 0 saturated heterocycles. The lowest BCUT2D eigenvalue weighted by atomic mass is 9.84. The maximum atomic E-state index is 12.5. The molecule has 2 aromatic carbocycles. The number of hydrogen-bond acceptors (Lipinski definition) is 2. The predicted molar refractivity (Wildman–Crippen MR) is 84.4 cm³/mol. The fraction of sp³-hybridized carbons (Fsp3) is 0.278. The number of hydrogen-bond donors (Lipinski definition) is 1. The summed E-state index contributed by atoms with van der Waals surface area (Å²) < 4.78 is 29.3. The van der Waals surface area contributed by atoms with E-state index in [1.807, 2.05) is 44.2 Å². The average Bonchev–Trinajstić information content (AvgIpc) is 2.54. The van der Waals surface area contributed by atoms with Gasteiger partial charge in [0.05, 0.1) is 5.41 Å². The summed E-state index contributed by atoms with van der Waals surface area (Å²) in [6.45, 7) is 0.865. The molecule has 122 valence electrons. The molecule has 0 unspecified atom stereocenters. The Bertz CT molecular complexity index is 657. The molecule has 0 saturated carbocycles. The number of ether oxygens (including phenoxy) is 1. The van der Waals surface area contributed by atoms with Crippen LogP contribution in [0, 0.1) is 0 Å². The van der Waals surface area contributed by atoms with E-state index in [0.717, 1.165) is 5.56 Å². The van der Waals surface area contributed by atoms with Gasteiger partial charge in [-0.05, 0) is 25.5 Å². The number of nitrogens with one attached hydrogen (secondary N) is 1. The van der Waals surface area contributed by atoms with Gasteiger partial charge < -0.3 is 10.1 Å². The SMILES string of the molecule is CC(C)(C(=O)NCc1ccccc1OC(F)F)c1ccccc1. The van der Waals surface area contributed by atoms with Crippen molar-refractivity contribution in [3.05, 3.63) is 65.7 Å². The molecular weight excluding hydrogens is 300 g/mol. The monoisotopic (exact) mass is 319 g/mol. The molecule has 0 aliphatic rings. The van der Waals surface area contributed by atoms with Gasteiger partial charge in [0.15, 0.2) is 0 Å². The van der Waals surface area contributed by atoms with Gasteiger partial charge in [-0.2, -0.15) is 8.78 Å². The Morgan fingerprint density at radius 1 is 1.09 bits per heavy atom. The molecule has 3 nitrogen and oxygen atoms in total. The normalized spacial score (nSPS) is 11.3. The first-order chi connectivity index (χ1) is 10.9. The summed E-state index contributed by atoms with van der Waals surface area (Å²) in [7, 11) is 0. The lowest BCUT2D eigenvalue weighted by Crippen LogP contribution is -2.39. The van der Waals surface area contributed by atoms with Gasteiger partial charge in [0.25, 0.3) is 0 Å². The van der Waals surface area contributed by atoms with Crippen LogP contribution in [0.4, 0.5) is 8.78 Å². The Morgan fingerprint density at radius 3 is 2.35 bits per heavy atom. The lowest BCUT2D eigenvalue weighted by molar-refractivity contribution is -0.125. The van der Waals surface area contributed by atoms with Crippen LogP contribution in [-0.2, 0) is 16.8 Å². The highest BCUT2D eigenvalue weighted by Crippen LogP contribution is 2.24. The third-order valence-corrected chi connectivity index (χ3v) is 3.69. The van der Waals surface area contributed by atoms with E-state index in [9.17, 15) is 13.6 Å². The molecule has 0 aliphatic heterocycles. The van der Waals surface area contributed by atoms with Crippen molar-refractivity contribution in [2.24, 2.45) is 0 Å². The first-order valence-electron chi connectivity index (χ1n) is 7.28. The Balaban J connectivity index is 2.08. The summed E-state index contributed by atoms with van der Waals surface area (Å²) in [4.78, 5) is 12.5. The molecule has 2 aromatic rings. The van der Waals surface area contributed by atoms with Crippen LogP contribution in [0.2, 0.25) is 0 Å². The van der Waals surface area contributed by atoms with Gasteiger partial charge in [-0.3, -0.25) is 4.79 Å². The molecule has 0 heterocycles. The third-order valence-electron chi connectivity index (χ3n) is 3.69. The second-order valence-corrected chi connectivity index (χ2v) is 5.66. The molecule has 0 fully saturated rings. The van der Waals surface area contributed by atoms with E-state index in [1.165, 1.54) is 6.07 Å². The van der Waals surface area contributed by atoms with Crippen LogP contribution in [0.25, 0.3) is 0 Å². The van der Waals surface area contributed by atoms with Crippen LogP contribution in [0.5, 0.6) is 5.75 Å². The van der Waals surface area contributed by atoms with Crippen LogP contribution in [-0.4, -0.2) is 12.5 Å². The summed E-state index contributed by atoms with van der Waals surface area (Å²) in [5.74, 6) is -0.115. The minimum atomic E-state index is -2.90. The van der Waals surface area contributed by atoms with Crippen molar-refractivity contribution >= 4 is 5.91 Å². The molecule has 1 N–H and O–H groups in total. The Kier molecular flexibility index (Phi) is 5.32. The van der Waals surface area contributed by atoms with Crippen LogP contribution in [0.15, 0.2) is 54.6 Å². The molecular formula is C18H19F2NO2. The topological polar surface area (TPSA) is 38.3 Å². The van der Waals surface area contributed by atoms with E-state index in [0.29, 0.717) is 5.56 Å². The van der Waals surface area contributed by atoms with Crippen molar-refractivity contribution in [1.29, 1.82) is 0 Å². The van der Waals surface area contributed by atoms with Crippen molar-refractivity contribution in [3.8, 4) is 5.75 Å². The average molecular weight is 319 g/mol. The molecule has 5 heteroatoms. The van der Waals surface area contributed by atoms with Gasteiger partial charge in [-0.15, -0.1) is 0 Å². The number of carbonyl (C=O) groups is 1. The lowest BCUT2D eigenvalue weighted by Gasteiger charge is -2.24. The first kappa shape index (κ1) is 16.9. The van der Waals surface area contributed by atoms with E-state index in [4.69, 9.17) is 0 Å². The van der Waals surface area contributed by atoms with Gasteiger partial charge in [0.2, 0.25) is 5.91 Å². The van der Waals surface area contributed by atoms with Crippen LogP contribution < -0.4 is 10.1 Å². The minimum absolute atomic E-state index is 0.0697. The third kappa shape index (κ3) is 4.28. The van der Waals surface area contributed by atoms with Gasteiger partial charge in [-0.25, -0.2) is 0 Å². The largest absolute Gasteiger partial charge is 0.434 e. The van der Waals surface area contributed by atoms with Crippen molar-refractivity contribution in [2.45, 2.75) is 32.4 Å². The Labute approximate surface area is 134 Å². The first-order valence-corrected chi connectivity index (χ1v) is 7.28. The maximum Gasteiger partial charge on any atom is 0.387 e. The van der Waals surface area contributed by atoms with Crippen LogP contribution in [0.1, 0.15) is 25.0 Å². The van der Waals surface area contributed by atoms with Gasteiger partial charge in [0, 0.05) is 12.1 Å². The molecule has 0 atom stereocenters. The van der Waals surface area contributed by atoms with E-state index in [1.54, 1.807) is 18.2 Å². The standard InChI is InChI=1S/C18H19F2NO2/c1-18(2,14-9-4-3-5-10-14)16(22)21-12-13-8-6-7-11-15(13)23-17(19)20/h3-11,17H,12H2,1-2H3,(H,21,22). The predicted octanol–water partition coefficient (Wildman–Crippen LogP) is 3.88. The molecule has 0 radical (unpaired) electrons. The van der Waals surface area contributed by atoms with E-state index in [-0.39, 0.29) is 18.2 Å². The van der Waals surface area contributed by atoms with Crippen LogP contribution in [0.3, 0.4) is 0 Å². The molecule has 23 heavy (non-hydrogen) atoms. The zero-order valence-corrected chi connectivity index (χ0v) is 13.1. The van der Waals surface area contributed by atoms with E-state index in [2.05, 4.69) is 10.1 Å². The zero-order valence-electron chi connectivity index (χ0n) is 13.1. The summed E-state index contributed by atoms with van der Waals surface area (Å²) >= 11 is 0. The summed E-state index contributed by atoms with van der Waals surface area (Å²) in [5.41, 5.74) is 0.666. The molecule has 0 bridgehead atoms. The molecule has 0 spiro atoms. The van der Waals surface area contributed by atoms with Crippen molar-refractivity contribution in [1.82, 2.24) is 5.32 Å². The fourth-order valence-corrected chi connectivity index (χ4v) is 2.24. The van der Waals surface area contributed by atoms with Crippen molar-refractivity contribution in [2.75, 3.05) is 0 Å². The number of para-hydroxylation sites is 1. The van der Waals surface area contributed by atoms with Crippen molar-refractivity contribution in [3.63, 3.8) is 0 Å². The summed E-state index contributed by atoms with van der Waals surface area (Å²) in [6, 6.07) is 15.8. The summed E-state index contributed by atoms with van der Waals surface area (Å²) in [5, 5.41) is 2.79. The number of alkyl halides is 2. The maximum absolute atomic E-state index is 12.5. The Morgan fingerprint density at radius 2 is 1.70 bits per heavy atom. The fourth-order valence-electron chi connectivity index (χ4n) is 2.24. The number of rotatable bonds is 6. The molecule has 0 aromatic heterocycles. The highest BCUT2D eigenvalue weighted by Gasteiger charge is 2.29. The highest BCUT2D eigenvalue weighted by atomic mass is 19.3. The number of halogens is 2. The molecule has 2 rings (SSSR count). The number of carbonyl (C=O) groups excluding carboxylic acids is 1. The minimum Gasteiger partial charge on any atom is -0.434 e. The number of benzene rings is 2. The van der Waals surface area contributed by atoms with E-state index >= 15 is 0 Å². The quantitative estimate of drug-likeness (QED) is 0.877. The Hall–Kier alpha value is -2.43. The van der Waals surface area contributed by atoms with Gasteiger partial charge >= 0.3 is 6.61 Å². The molecule has 0 aliphatic carbocycles. The molecule has 1 amide bonds. The zero-order chi connectivity index (χ0) is 16.9.